The predicted molar refractivity (Wildman–Crippen MR) is 70.7 cm³/mol. The van der Waals surface area contributed by atoms with E-state index >= 15 is 0 Å². The van der Waals surface area contributed by atoms with Crippen LogP contribution in [0.3, 0.4) is 0 Å². The van der Waals surface area contributed by atoms with Crippen molar-refractivity contribution in [2.24, 2.45) is 0 Å². The van der Waals surface area contributed by atoms with Crippen molar-refractivity contribution in [2.75, 3.05) is 11.1 Å². The SMILES string of the molecule is Nc1cnccc1C(=O)Nc1cc(F)c(Br)cc1F. The van der Waals surface area contributed by atoms with Crippen molar-refractivity contribution >= 4 is 33.2 Å². The number of halogens is 3. The molecule has 0 aliphatic rings. The van der Waals surface area contributed by atoms with Crippen molar-refractivity contribution in [3.63, 3.8) is 0 Å². The molecule has 1 aromatic heterocycles. The number of hydrogen-bond donors (Lipinski definition) is 2. The Balaban J connectivity index is 2.30. The molecular weight excluding hydrogens is 320 g/mol. The molecule has 2 aromatic rings. The molecule has 2 rings (SSSR count). The molecule has 4 nitrogen and oxygen atoms in total. The third-order valence-corrected chi connectivity index (χ3v) is 2.96. The minimum absolute atomic E-state index is 0.0218. The average molecular weight is 328 g/mol. The molecule has 0 unspecified atom stereocenters. The number of rotatable bonds is 2. The quantitative estimate of drug-likeness (QED) is 0.833. The molecule has 0 atom stereocenters. The van der Waals surface area contributed by atoms with Crippen LogP contribution in [0.2, 0.25) is 0 Å². The number of nitrogen functional groups attached to an aromatic ring is 1. The zero-order valence-corrected chi connectivity index (χ0v) is 11.0. The number of anilines is 2. The summed E-state index contributed by atoms with van der Waals surface area (Å²) in [5, 5.41) is 2.25. The van der Waals surface area contributed by atoms with Gasteiger partial charge in [0.25, 0.3) is 5.91 Å². The van der Waals surface area contributed by atoms with Crippen LogP contribution in [0.15, 0.2) is 35.1 Å². The van der Waals surface area contributed by atoms with Gasteiger partial charge in [-0.05, 0) is 28.1 Å². The third kappa shape index (κ3) is 2.87. The number of hydrogen-bond acceptors (Lipinski definition) is 3. The highest BCUT2D eigenvalue weighted by Crippen LogP contribution is 2.24. The number of carbonyl (C=O) groups excluding carboxylic acids is 1. The smallest absolute Gasteiger partial charge is 0.257 e. The van der Waals surface area contributed by atoms with E-state index in [4.69, 9.17) is 5.73 Å². The summed E-state index contributed by atoms with van der Waals surface area (Å²) in [6, 6.07) is 3.20. The molecule has 0 saturated carbocycles. The molecule has 1 heterocycles. The fourth-order valence-electron chi connectivity index (χ4n) is 1.42. The van der Waals surface area contributed by atoms with Crippen LogP contribution >= 0.6 is 15.9 Å². The Bertz CT molecular complexity index is 649. The van der Waals surface area contributed by atoms with Crippen LogP contribution < -0.4 is 11.1 Å². The largest absolute Gasteiger partial charge is 0.397 e. The minimum Gasteiger partial charge on any atom is -0.397 e. The number of nitrogens with zero attached hydrogens (tertiary/aromatic N) is 1. The second kappa shape index (κ2) is 5.31. The van der Waals surface area contributed by atoms with Crippen LogP contribution in [0.4, 0.5) is 20.2 Å². The van der Waals surface area contributed by atoms with Crippen LogP contribution in [0.5, 0.6) is 0 Å². The highest BCUT2D eigenvalue weighted by molar-refractivity contribution is 9.10. The van der Waals surface area contributed by atoms with E-state index in [2.05, 4.69) is 26.2 Å². The predicted octanol–water partition coefficient (Wildman–Crippen LogP) is 2.96. The average Bonchev–Trinajstić information content (AvgIpc) is 2.36. The van der Waals surface area contributed by atoms with Crippen molar-refractivity contribution in [3.05, 3.63) is 52.3 Å². The van der Waals surface area contributed by atoms with Gasteiger partial charge in [0.1, 0.15) is 11.6 Å². The summed E-state index contributed by atoms with van der Waals surface area (Å²) in [4.78, 5) is 15.6. The van der Waals surface area contributed by atoms with Gasteiger partial charge in [0.05, 0.1) is 27.6 Å². The summed E-state index contributed by atoms with van der Waals surface area (Å²) < 4.78 is 26.8. The number of pyridine rings is 1. The number of amides is 1. The van der Waals surface area contributed by atoms with Gasteiger partial charge >= 0.3 is 0 Å². The number of aromatic nitrogens is 1. The first-order chi connectivity index (χ1) is 8.99. The molecule has 0 bridgehead atoms. The van der Waals surface area contributed by atoms with Gasteiger partial charge < -0.3 is 11.1 Å². The van der Waals surface area contributed by atoms with E-state index in [0.717, 1.165) is 12.1 Å². The molecule has 7 heteroatoms. The maximum absolute atomic E-state index is 13.6. The van der Waals surface area contributed by atoms with Crippen molar-refractivity contribution in [3.8, 4) is 0 Å². The Morgan fingerprint density at radius 1 is 1.32 bits per heavy atom. The monoisotopic (exact) mass is 327 g/mol. The van der Waals surface area contributed by atoms with Crippen LogP contribution in [0, 0.1) is 11.6 Å². The molecule has 98 valence electrons. The Kier molecular flexibility index (Phi) is 3.75. The third-order valence-electron chi connectivity index (χ3n) is 2.35. The maximum Gasteiger partial charge on any atom is 0.257 e. The molecule has 0 saturated heterocycles. The summed E-state index contributed by atoms with van der Waals surface area (Å²) in [5.74, 6) is -2.07. The lowest BCUT2D eigenvalue weighted by Gasteiger charge is -2.08. The lowest BCUT2D eigenvalue weighted by Crippen LogP contribution is -2.15. The molecule has 1 aromatic carbocycles. The van der Waals surface area contributed by atoms with Crippen molar-refractivity contribution in [1.29, 1.82) is 0 Å². The number of carbonyl (C=O) groups is 1. The molecular formula is C12H8BrF2N3O. The molecule has 0 radical (unpaired) electrons. The Morgan fingerprint density at radius 3 is 2.74 bits per heavy atom. The molecule has 19 heavy (non-hydrogen) atoms. The van der Waals surface area contributed by atoms with Gasteiger partial charge in [-0.25, -0.2) is 8.78 Å². The molecule has 3 N–H and O–H groups in total. The van der Waals surface area contributed by atoms with Gasteiger partial charge in [-0.3, -0.25) is 9.78 Å². The van der Waals surface area contributed by atoms with E-state index < -0.39 is 17.5 Å². The second-order valence-corrected chi connectivity index (χ2v) is 4.52. The summed E-state index contributed by atoms with van der Waals surface area (Å²) in [5.41, 5.74) is 5.59. The highest BCUT2D eigenvalue weighted by atomic mass is 79.9. The zero-order chi connectivity index (χ0) is 14.0. The molecule has 0 spiro atoms. The van der Waals surface area contributed by atoms with Crippen LogP contribution in [0.1, 0.15) is 10.4 Å². The molecule has 1 amide bonds. The fraction of sp³-hybridized carbons (Fsp3) is 0. The maximum atomic E-state index is 13.6. The normalized spacial score (nSPS) is 10.3. The first-order valence-electron chi connectivity index (χ1n) is 5.14. The Morgan fingerprint density at radius 2 is 2.05 bits per heavy atom. The lowest BCUT2D eigenvalue weighted by atomic mass is 10.2. The van der Waals surface area contributed by atoms with Crippen LogP contribution in [-0.2, 0) is 0 Å². The van der Waals surface area contributed by atoms with Crippen molar-refractivity contribution < 1.29 is 13.6 Å². The second-order valence-electron chi connectivity index (χ2n) is 3.66. The van der Waals surface area contributed by atoms with Gasteiger partial charge in [0, 0.05) is 12.3 Å². The van der Waals surface area contributed by atoms with E-state index in [9.17, 15) is 13.6 Å². The standard InChI is InChI=1S/C12H8BrF2N3O/c13-7-3-9(15)11(4-8(7)14)18-12(19)6-1-2-17-5-10(6)16/h1-5H,16H2,(H,18,19). The first-order valence-corrected chi connectivity index (χ1v) is 5.93. The van der Waals surface area contributed by atoms with E-state index in [1.807, 2.05) is 0 Å². The van der Waals surface area contributed by atoms with Crippen molar-refractivity contribution in [2.45, 2.75) is 0 Å². The van der Waals surface area contributed by atoms with E-state index in [0.29, 0.717) is 0 Å². The number of nitrogens with one attached hydrogen (secondary N) is 1. The van der Waals surface area contributed by atoms with Gasteiger partial charge in [0.15, 0.2) is 0 Å². The van der Waals surface area contributed by atoms with E-state index in [1.165, 1.54) is 18.5 Å². The fourth-order valence-corrected chi connectivity index (χ4v) is 1.74. The molecule has 0 fully saturated rings. The van der Waals surface area contributed by atoms with Gasteiger partial charge in [-0.1, -0.05) is 0 Å². The minimum atomic E-state index is -0.755. The summed E-state index contributed by atoms with van der Waals surface area (Å²) in [7, 11) is 0. The van der Waals surface area contributed by atoms with Crippen molar-refractivity contribution in [1.82, 2.24) is 4.98 Å². The summed E-state index contributed by atoms with van der Waals surface area (Å²) >= 11 is 2.85. The van der Waals surface area contributed by atoms with E-state index in [-0.39, 0.29) is 21.4 Å². The molecule has 0 aliphatic carbocycles. The van der Waals surface area contributed by atoms with Gasteiger partial charge in [0.2, 0.25) is 0 Å². The highest BCUT2D eigenvalue weighted by Gasteiger charge is 2.14. The lowest BCUT2D eigenvalue weighted by molar-refractivity contribution is 0.102. The number of benzene rings is 1. The van der Waals surface area contributed by atoms with Crippen LogP contribution in [-0.4, -0.2) is 10.9 Å². The summed E-state index contributed by atoms with van der Waals surface area (Å²) in [6.07, 6.45) is 2.68. The summed E-state index contributed by atoms with van der Waals surface area (Å²) in [6.45, 7) is 0. The van der Waals surface area contributed by atoms with Crippen LogP contribution in [0.25, 0.3) is 0 Å². The van der Waals surface area contributed by atoms with Gasteiger partial charge in [-0.2, -0.15) is 0 Å². The molecule has 0 aliphatic heterocycles. The first kappa shape index (κ1) is 13.4. The topological polar surface area (TPSA) is 68.0 Å². The van der Waals surface area contributed by atoms with E-state index in [1.54, 1.807) is 0 Å². The van der Waals surface area contributed by atoms with Gasteiger partial charge in [-0.15, -0.1) is 0 Å². The Labute approximate surface area is 115 Å². The zero-order valence-electron chi connectivity index (χ0n) is 9.45. The number of nitrogens with two attached hydrogens (primary N) is 1. The Hall–Kier alpha value is -2.02.